The summed E-state index contributed by atoms with van der Waals surface area (Å²) >= 11 is 0. The Morgan fingerprint density at radius 1 is 1.35 bits per heavy atom. The molecule has 1 aliphatic rings. The number of hydrogen-bond acceptors (Lipinski definition) is 2. The summed E-state index contributed by atoms with van der Waals surface area (Å²) in [4.78, 5) is 11.9. The van der Waals surface area contributed by atoms with E-state index in [0.29, 0.717) is 6.42 Å². The molecule has 1 rings (SSSR count). The maximum Gasteiger partial charge on any atom is 0.248 e. The summed E-state index contributed by atoms with van der Waals surface area (Å²) in [7, 11) is 0. The minimum atomic E-state index is 0.00749. The van der Waals surface area contributed by atoms with Gasteiger partial charge in [-0.2, -0.15) is 5.10 Å². The van der Waals surface area contributed by atoms with E-state index < -0.39 is 0 Å². The minimum Gasteiger partial charge on any atom is -0.273 e. The van der Waals surface area contributed by atoms with Crippen LogP contribution in [-0.2, 0) is 4.79 Å². The average molecular weight is 238 g/mol. The maximum atomic E-state index is 11.9. The maximum absolute atomic E-state index is 11.9. The fourth-order valence-electron chi connectivity index (χ4n) is 2.02. The Kier molecular flexibility index (Phi) is 4.72. The summed E-state index contributed by atoms with van der Waals surface area (Å²) in [6, 6.07) is 0.244. The van der Waals surface area contributed by atoms with E-state index in [2.05, 4.69) is 39.7 Å². The molecule has 17 heavy (non-hydrogen) atoms. The van der Waals surface area contributed by atoms with E-state index >= 15 is 0 Å². The molecule has 0 aromatic rings. The molecule has 0 radical (unpaired) electrons. The van der Waals surface area contributed by atoms with Gasteiger partial charge in [0.15, 0.2) is 0 Å². The lowest BCUT2D eigenvalue weighted by molar-refractivity contribution is -0.130. The largest absolute Gasteiger partial charge is 0.273 e. The number of nitrogens with zero attached hydrogens (tertiary/aromatic N) is 2. The molecule has 3 heteroatoms. The van der Waals surface area contributed by atoms with E-state index in [1.165, 1.54) is 19.3 Å². The van der Waals surface area contributed by atoms with Crippen molar-refractivity contribution in [3.63, 3.8) is 0 Å². The first kappa shape index (κ1) is 14.2. The zero-order valence-corrected chi connectivity index (χ0v) is 11.9. The summed E-state index contributed by atoms with van der Waals surface area (Å²) in [6.07, 6.45) is 5.20. The van der Waals surface area contributed by atoms with Crippen LogP contribution in [0.15, 0.2) is 5.10 Å². The van der Waals surface area contributed by atoms with Crippen LogP contribution in [0.1, 0.15) is 66.7 Å². The summed E-state index contributed by atoms with van der Waals surface area (Å²) in [5.41, 5.74) is 1.03. The third kappa shape index (κ3) is 3.83. The summed E-state index contributed by atoms with van der Waals surface area (Å²) in [5.74, 6) is 0.166. The van der Waals surface area contributed by atoms with Crippen LogP contribution in [0.25, 0.3) is 0 Å². The Balaban J connectivity index is 2.59. The number of carbonyl (C=O) groups is 1. The first-order chi connectivity index (χ1) is 7.86. The third-order valence-electron chi connectivity index (χ3n) is 3.31. The number of hydrogen-bond donors (Lipinski definition) is 0. The highest BCUT2D eigenvalue weighted by Gasteiger charge is 2.33. The van der Waals surface area contributed by atoms with E-state index in [-0.39, 0.29) is 17.4 Å². The number of hydrazone groups is 1. The first-order valence-electron chi connectivity index (χ1n) is 6.76. The van der Waals surface area contributed by atoms with Crippen LogP contribution < -0.4 is 0 Å². The van der Waals surface area contributed by atoms with E-state index in [9.17, 15) is 4.79 Å². The highest BCUT2D eigenvalue weighted by molar-refractivity contribution is 6.07. The highest BCUT2D eigenvalue weighted by atomic mass is 16.2. The van der Waals surface area contributed by atoms with Crippen LogP contribution in [0.5, 0.6) is 0 Å². The van der Waals surface area contributed by atoms with Crippen LogP contribution in [0.2, 0.25) is 0 Å². The molecule has 0 saturated heterocycles. The highest BCUT2D eigenvalue weighted by Crippen LogP contribution is 2.26. The van der Waals surface area contributed by atoms with Crippen LogP contribution in [-0.4, -0.2) is 22.7 Å². The van der Waals surface area contributed by atoms with Crippen LogP contribution >= 0.6 is 0 Å². The summed E-state index contributed by atoms with van der Waals surface area (Å²) < 4.78 is 0. The number of amides is 1. The molecular weight excluding hydrogens is 212 g/mol. The van der Waals surface area contributed by atoms with Crippen molar-refractivity contribution in [2.45, 2.75) is 72.8 Å². The van der Waals surface area contributed by atoms with Crippen molar-refractivity contribution >= 4 is 11.6 Å². The number of rotatable bonds is 5. The molecule has 0 aromatic heterocycles. The van der Waals surface area contributed by atoms with Gasteiger partial charge in [-0.25, -0.2) is 5.01 Å². The molecule has 0 aromatic carbocycles. The Labute approximate surface area is 105 Å². The standard InChI is InChI=1S/C14H26N2O/c1-6-7-8-9-11(2)16-13(17)10-12(15-16)14(3,4)5/h11H,6-10H2,1-5H3/t11-/m0/s1. The van der Waals surface area contributed by atoms with Crippen molar-refractivity contribution in [2.24, 2.45) is 10.5 Å². The third-order valence-corrected chi connectivity index (χ3v) is 3.31. The van der Waals surface area contributed by atoms with Crippen molar-refractivity contribution in [2.75, 3.05) is 0 Å². The molecule has 0 saturated carbocycles. The smallest absolute Gasteiger partial charge is 0.248 e. The van der Waals surface area contributed by atoms with E-state index in [4.69, 9.17) is 0 Å². The van der Waals surface area contributed by atoms with Gasteiger partial charge in [-0.05, 0) is 13.3 Å². The van der Waals surface area contributed by atoms with Gasteiger partial charge in [-0.15, -0.1) is 0 Å². The van der Waals surface area contributed by atoms with Crippen molar-refractivity contribution in [1.29, 1.82) is 0 Å². The molecule has 0 spiro atoms. The Morgan fingerprint density at radius 2 is 2.00 bits per heavy atom. The van der Waals surface area contributed by atoms with E-state index in [1.54, 1.807) is 5.01 Å². The average Bonchev–Trinajstić information content (AvgIpc) is 2.60. The molecule has 1 aliphatic heterocycles. The zero-order valence-electron chi connectivity index (χ0n) is 11.9. The van der Waals surface area contributed by atoms with Gasteiger partial charge >= 0.3 is 0 Å². The Bertz CT molecular complexity index is 302. The monoisotopic (exact) mass is 238 g/mol. The molecule has 1 amide bonds. The molecule has 1 heterocycles. The predicted molar refractivity (Wildman–Crippen MR) is 72.0 cm³/mol. The SMILES string of the molecule is CCCCC[C@H](C)N1N=C(C(C)(C)C)CC1=O. The molecule has 0 N–H and O–H groups in total. The molecule has 0 unspecified atom stereocenters. The van der Waals surface area contributed by atoms with Crippen molar-refractivity contribution in [1.82, 2.24) is 5.01 Å². The topological polar surface area (TPSA) is 32.7 Å². The van der Waals surface area contributed by atoms with Crippen LogP contribution in [0.4, 0.5) is 0 Å². The Morgan fingerprint density at radius 3 is 2.47 bits per heavy atom. The molecule has 0 fully saturated rings. The quantitative estimate of drug-likeness (QED) is 0.674. The van der Waals surface area contributed by atoms with Crippen LogP contribution in [0.3, 0.4) is 0 Å². The Hall–Kier alpha value is -0.860. The molecule has 98 valence electrons. The second-order valence-electron chi connectivity index (χ2n) is 6.06. The lowest BCUT2D eigenvalue weighted by Gasteiger charge is -2.21. The molecule has 0 bridgehead atoms. The van der Waals surface area contributed by atoms with Gasteiger partial charge in [0, 0.05) is 5.41 Å². The fourth-order valence-corrected chi connectivity index (χ4v) is 2.02. The van der Waals surface area contributed by atoms with Gasteiger partial charge in [0.25, 0.3) is 0 Å². The second-order valence-corrected chi connectivity index (χ2v) is 6.06. The molecule has 1 atom stereocenters. The normalized spacial score (nSPS) is 18.5. The van der Waals surface area contributed by atoms with E-state index in [1.807, 2.05) is 0 Å². The fraction of sp³-hybridized carbons (Fsp3) is 0.857. The lowest BCUT2D eigenvalue weighted by atomic mass is 9.88. The van der Waals surface area contributed by atoms with Gasteiger partial charge in [0.2, 0.25) is 5.91 Å². The summed E-state index contributed by atoms with van der Waals surface area (Å²) in [5, 5.41) is 6.22. The minimum absolute atomic E-state index is 0.00749. The zero-order chi connectivity index (χ0) is 13.1. The van der Waals surface area contributed by atoms with Gasteiger partial charge in [-0.1, -0.05) is 47.0 Å². The van der Waals surface area contributed by atoms with Gasteiger partial charge in [0.05, 0.1) is 18.2 Å². The number of carbonyl (C=O) groups excluding carboxylic acids is 1. The summed E-state index contributed by atoms with van der Waals surface area (Å²) in [6.45, 7) is 10.6. The number of unbranched alkanes of at least 4 members (excludes halogenated alkanes) is 2. The predicted octanol–water partition coefficient (Wildman–Crippen LogP) is 3.59. The van der Waals surface area contributed by atoms with Crippen molar-refractivity contribution in [3.05, 3.63) is 0 Å². The van der Waals surface area contributed by atoms with Gasteiger partial charge < -0.3 is 0 Å². The van der Waals surface area contributed by atoms with Crippen LogP contribution in [0, 0.1) is 5.41 Å². The van der Waals surface area contributed by atoms with Crippen molar-refractivity contribution in [3.8, 4) is 0 Å². The first-order valence-corrected chi connectivity index (χ1v) is 6.76. The van der Waals surface area contributed by atoms with Crippen molar-refractivity contribution < 1.29 is 4.79 Å². The molecule has 0 aliphatic carbocycles. The molecule has 3 nitrogen and oxygen atoms in total. The van der Waals surface area contributed by atoms with Gasteiger partial charge in [-0.3, -0.25) is 4.79 Å². The lowest BCUT2D eigenvalue weighted by Crippen LogP contribution is -2.30. The second kappa shape index (κ2) is 5.65. The van der Waals surface area contributed by atoms with Gasteiger partial charge in [0.1, 0.15) is 0 Å². The van der Waals surface area contributed by atoms with E-state index in [0.717, 1.165) is 12.1 Å². The molecular formula is C14H26N2O.